The van der Waals surface area contributed by atoms with Crippen molar-refractivity contribution < 1.29 is 18.0 Å². The molecule has 0 saturated heterocycles. The summed E-state index contributed by atoms with van der Waals surface area (Å²) in [6, 6.07) is 14.7. The van der Waals surface area contributed by atoms with Crippen molar-refractivity contribution in [3.8, 4) is 23.1 Å². The number of nitrogens with one attached hydrogen (secondary N) is 1. The van der Waals surface area contributed by atoms with E-state index < -0.39 is 11.7 Å². The molecule has 4 rings (SSSR count). The summed E-state index contributed by atoms with van der Waals surface area (Å²) in [6.07, 6.45) is 1.51. The van der Waals surface area contributed by atoms with Crippen LogP contribution in [-0.4, -0.2) is 16.1 Å². The molecule has 0 unspecified atom stereocenters. The third-order valence-corrected chi connectivity index (χ3v) is 3.89. The Morgan fingerprint density at radius 3 is 2.70 bits per heavy atom. The second kappa shape index (κ2) is 6.87. The zero-order chi connectivity index (χ0) is 18.8. The van der Waals surface area contributed by atoms with Crippen LogP contribution >= 0.6 is 0 Å². The molecule has 2 heterocycles. The van der Waals surface area contributed by atoms with Crippen LogP contribution in [0.1, 0.15) is 15.9 Å². The summed E-state index contributed by atoms with van der Waals surface area (Å²) in [5, 5.41) is 10.6. The highest BCUT2D eigenvalue weighted by Gasteiger charge is 2.15. The van der Waals surface area contributed by atoms with Gasteiger partial charge in [-0.15, -0.1) is 10.2 Å². The van der Waals surface area contributed by atoms with Crippen LogP contribution < -0.4 is 5.32 Å². The van der Waals surface area contributed by atoms with Gasteiger partial charge in [-0.25, -0.2) is 4.39 Å². The first kappa shape index (κ1) is 16.7. The van der Waals surface area contributed by atoms with E-state index in [4.69, 9.17) is 8.83 Å². The molecule has 1 amide bonds. The van der Waals surface area contributed by atoms with Gasteiger partial charge in [0.25, 0.3) is 11.8 Å². The molecule has 4 aromatic rings. The standard InChI is InChI=1S/C20H14FN3O3/c1-12-7-8-16(21)15(10-12)18(25)22-14-5-2-4-13(11-14)19-23-24-20(27-19)17-6-3-9-26-17/h2-11H,1H3,(H,22,25). The molecule has 2 aromatic heterocycles. The van der Waals surface area contributed by atoms with Gasteiger partial charge >= 0.3 is 0 Å². The summed E-state index contributed by atoms with van der Waals surface area (Å²) in [4.78, 5) is 12.4. The molecule has 0 spiro atoms. The summed E-state index contributed by atoms with van der Waals surface area (Å²) < 4.78 is 24.7. The summed E-state index contributed by atoms with van der Waals surface area (Å²) in [5.74, 6) is -0.108. The minimum Gasteiger partial charge on any atom is -0.459 e. The van der Waals surface area contributed by atoms with Crippen LogP contribution in [0, 0.1) is 12.7 Å². The van der Waals surface area contributed by atoms with E-state index in [0.717, 1.165) is 5.56 Å². The first-order valence-corrected chi connectivity index (χ1v) is 8.15. The fourth-order valence-electron chi connectivity index (χ4n) is 2.58. The van der Waals surface area contributed by atoms with Gasteiger partial charge in [0.05, 0.1) is 11.8 Å². The van der Waals surface area contributed by atoms with Crippen molar-refractivity contribution in [2.75, 3.05) is 5.32 Å². The zero-order valence-electron chi connectivity index (χ0n) is 14.3. The molecule has 6 nitrogen and oxygen atoms in total. The number of amides is 1. The SMILES string of the molecule is Cc1ccc(F)c(C(=O)Nc2cccc(-c3nnc(-c4ccco4)o3)c2)c1. The van der Waals surface area contributed by atoms with Crippen molar-refractivity contribution in [1.82, 2.24) is 10.2 Å². The highest BCUT2D eigenvalue weighted by Crippen LogP contribution is 2.26. The van der Waals surface area contributed by atoms with Gasteiger partial charge in [0.1, 0.15) is 5.82 Å². The van der Waals surface area contributed by atoms with E-state index in [-0.39, 0.29) is 17.3 Å². The minimum absolute atomic E-state index is 0.0155. The van der Waals surface area contributed by atoms with E-state index in [1.165, 1.54) is 18.4 Å². The monoisotopic (exact) mass is 363 g/mol. The Morgan fingerprint density at radius 2 is 1.89 bits per heavy atom. The molecule has 0 aliphatic carbocycles. The lowest BCUT2D eigenvalue weighted by molar-refractivity contribution is 0.102. The van der Waals surface area contributed by atoms with Gasteiger partial charge in [0.2, 0.25) is 5.89 Å². The molecule has 0 aliphatic heterocycles. The number of aryl methyl sites for hydroxylation is 1. The average Bonchev–Trinajstić information content (AvgIpc) is 3.35. The molecule has 0 radical (unpaired) electrons. The second-order valence-electron chi connectivity index (χ2n) is 5.91. The molecular formula is C20H14FN3O3. The predicted octanol–water partition coefficient (Wildman–Crippen LogP) is 4.70. The summed E-state index contributed by atoms with van der Waals surface area (Å²) in [7, 11) is 0. The van der Waals surface area contributed by atoms with Gasteiger partial charge in [0, 0.05) is 11.3 Å². The third-order valence-electron chi connectivity index (χ3n) is 3.89. The maximum absolute atomic E-state index is 13.9. The van der Waals surface area contributed by atoms with Crippen LogP contribution in [0.15, 0.2) is 69.7 Å². The van der Waals surface area contributed by atoms with Crippen molar-refractivity contribution in [1.29, 1.82) is 0 Å². The normalized spacial score (nSPS) is 10.7. The highest BCUT2D eigenvalue weighted by atomic mass is 19.1. The van der Waals surface area contributed by atoms with E-state index in [9.17, 15) is 9.18 Å². The Labute approximate surface area is 153 Å². The quantitative estimate of drug-likeness (QED) is 0.568. The molecule has 134 valence electrons. The number of hydrogen-bond acceptors (Lipinski definition) is 5. The van der Waals surface area contributed by atoms with Crippen LogP contribution in [0.5, 0.6) is 0 Å². The Kier molecular flexibility index (Phi) is 4.25. The van der Waals surface area contributed by atoms with E-state index in [1.807, 2.05) is 0 Å². The number of benzene rings is 2. The largest absolute Gasteiger partial charge is 0.459 e. The molecule has 0 atom stereocenters. The molecule has 0 saturated carbocycles. The summed E-state index contributed by atoms with van der Waals surface area (Å²) in [5.41, 5.74) is 1.88. The van der Waals surface area contributed by atoms with Gasteiger partial charge in [-0.2, -0.15) is 0 Å². The maximum Gasteiger partial charge on any atom is 0.283 e. The fraction of sp³-hybridized carbons (Fsp3) is 0.0500. The number of hydrogen-bond donors (Lipinski definition) is 1. The molecule has 0 aliphatic rings. The smallest absolute Gasteiger partial charge is 0.283 e. The Hall–Kier alpha value is -3.74. The molecule has 7 heteroatoms. The first-order valence-electron chi connectivity index (χ1n) is 8.15. The van der Waals surface area contributed by atoms with Crippen LogP contribution in [-0.2, 0) is 0 Å². The van der Waals surface area contributed by atoms with E-state index in [0.29, 0.717) is 17.0 Å². The number of carbonyl (C=O) groups excluding carboxylic acids is 1. The lowest BCUT2D eigenvalue weighted by atomic mass is 10.1. The van der Waals surface area contributed by atoms with Gasteiger partial charge < -0.3 is 14.2 Å². The molecule has 2 aromatic carbocycles. The molecule has 1 N–H and O–H groups in total. The number of aromatic nitrogens is 2. The maximum atomic E-state index is 13.9. The summed E-state index contributed by atoms with van der Waals surface area (Å²) in [6.45, 7) is 1.79. The second-order valence-corrected chi connectivity index (χ2v) is 5.91. The first-order chi connectivity index (χ1) is 13.1. The van der Waals surface area contributed by atoms with Crippen LogP contribution in [0.25, 0.3) is 23.1 Å². The lowest BCUT2D eigenvalue weighted by Gasteiger charge is -2.07. The number of nitrogens with zero attached hydrogens (tertiary/aromatic N) is 2. The van der Waals surface area contributed by atoms with E-state index in [2.05, 4.69) is 15.5 Å². The zero-order valence-corrected chi connectivity index (χ0v) is 14.3. The fourth-order valence-corrected chi connectivity index (χ4v) is 2.58. The van der Waals surface area contributed by atoms with Crippen molar-refractivity contribution in [2.24, 2.45) is 0 Å². The van der Waals surface area contributed by atoms with Crippen molar-refractivity contribution in [3.05, 3.63) is 77.8 Å². The van der Waals surface area contributed by atoms with Crippen LogP contribution in [0.3, 0.4) is 0 Å². The Balaban J connectivity index is 1.58. The lowest BCUT2D eigenvalue weighted by Crippen LogP contribution is -2.14. The van der Waals surface area contributed by atoms with E-state index >= 15 is 0 Å². The average molecular weight is 363 g/mol. The molecule has 0 bridgehead atoms. The number of anilines is 1. The number of halogens is 1. The van der Waals surface area contributed by atoms with Gasteiger partial charge in [-0.05, 0) is 49.4 Å². The molecule has 0 fully saturated rings. The third kappa shape index (κ3) is 3.48. The van der Waals surface area contributed by atoms with Crippen LogP contribution in [0.4, 0.5) is 10.1 Å². The Bertz CT molecular complexity index is 1100. The predicted molar refractivity (Wildman–Crippen MR) is 96.5 cm³/mol. The number of rotatable bonds is 4. The molecular weight excluding hydrogens is 349 g/mol. The molecule has 27 heavy (non-hydrogen) atoms. The highest BCUT2D eigenvalue weighted by molar-refractivity contribution is 6.04. The number of furan rings is 1. The Morgan fingerprint density at radius 1 is 1.04 bits per heavy atom. The van der Waals surface area contributed by atoms with E-state index in [1.54, 1.807) is 49.4 Å². The summed E-state index contributed by atoms with van der Waals surface area (Å²) >= 11 is 0. The van der Waals surface area contributed by atoms with Crippen molar-refractivity contribution >= 4 is 11.6 Å². The van der Waals surface area contributed by atoms with Gasteiger partial charge in [0.15, 0.2) is 5.76 Å². The minimum atomic E-state index is -0.575. The van der Waals surface area contributed by atoms with Crippen molar-refractivity contribution in [3.63, 3.8) is 0 Å². The topological polar surface area (TPSA) is 81.2 Å². The van der Waals surface area contributed by atoms with Crippen molar-refractivity contribution in [2.45, 2.75) is 6.92 Å². The number of carbonyl (C=O) groups is 1. The van der Waals surface area contributed by atoms with Crippen LogP contribution in [0.2, 0.25) is 0 Å². The van der Waals surface area contributed by atoms with Gasteiger partial charge in [-0.3, -0.25) is 4.79 Å². The van der Waals surface area contributed by atoms with Gasteiger partial charge in [-0.1, -0.05) is 17.7 Å².